The number of amides is 1. The number of sulfone groups is 1. The number of hydrogen-bond donors (Lipinski definition) is 0. The summed E-state index contributed by atoms with van der Waals surface area (Å²) in [5.74, 6) is -0.176. The Labute approximate surface area is 177 Å². The second-order valence-corrected chi connectivity index (χ2v) is 10.9. The van der Waals surface area contributed by atoms with E-state index in [1.54, 1.807) is 18.2 Å². The van der Waals surface area contributed by atoms with Crippen molar-refractivity contribution >= 4 is 61.6 Å². The van der Waals surface area contributed by atoms with Crippen molar-refractivity contribution in [3.05, 3.63) is 64.1 Å². The van der Waals surface area contributed by atoms with Crippen LogP contribution >= 0.6 is 35.0 Å². The van der Waals surface area contributed by atoms with Crippen LogP contribution in [0.25, 0.3) is 0 Å². The van der Waals surface area contributed by atoms with Gasteiger partial charge in [0.1, 0.15) is 0 Å². The third-order valence-corrected chi connectivity index (χ3v) is 8.62. The number of anilines is 1. The summed E-state index contributed by atoms with van der Waals surface area (Å²) in [6, 6.07) is 14.2. The molecule has 2 aromatic rings. The average Bonchev–Trinajstić information content (AvgIpc) is 3.09. The van der Waals surface area contributed by atoms with Crippen molar-refractivity contribution in [2.24, 2.45) is 4.99 Å². The minimum absolute atomic E-state index is 0.0246. The van der Waals surface area contributed by atoms with Gasteiger partial charge in [-0.3, -0.25) is 4.79 Å². The SMILES string of the molecule is O=C(Cc1ccccc1)N=C1SC2CS(=O)(=O)CC2N1c1ccc(Cl)c(Cl)c1. The largest absolute Gasteiger partial charge is 0.316 e. The van der Waals surface area contributed by atoms with Gasteiger partial charge in [0.15, 0.2) is 15.0 Å². The first-order valence-corrected chi connectivity index (χ1v) is 12.0. The lowest BCUT2D eigenvalue weighted by molar-refractivity contribution is -0.117. The number of fused-ring (bicyclic) bond motifs is 1. The molecule has 0 saturated carbocycles. The molecule has 0 N–H and O–H groups in total. The van der Waals surface area contributed by atoms with Gasteiger partial charge in [0, 0.05) is 10.9 Å². The third-order valence-electron chi connectivity index (χ3n) is 4.67. The fourth-order valence-electron chi connectivity index (χ4n) is 3.42. The maximum absolute atomic E-state index is 12.5. The van der Waals surface area contributed by atoms with E-state index in [0.717, 1.165) is 5.56 Å². The van der Waals surface area contributed by atoms with Crippen LogP contribution in [0, 0.1) is 0 Å². The van der Waals surface area contributed by atoms with Crippen molar-refractivity contribution in [3.63, 3.8) is 0 Å². The summed E-state index contributed by atoms with van der Waals surface area (Å²) in [5, 5.41) is 1.11. The number of rotatable bonds is 3. The van der Waals surface area contributed by atoms with E-state index >= 15 is 0 Å². The summed E-state index contributed by atoms with van der Waals surface area (Å²) < 4.78 is 24.2. The molecular weight excluding hydrogens is 439 g/mol. The van der Waals surface area contributed by atoms with Gasteiger partial charge in [-0.15, -0.1) is 0 Å². The van der Waals surface area contributed by atoms with Crippen LogP contribution in [0.2, 0.25) is 10.0 Å². The highest BCUT2D eigenvalue weighted by atomic mass is 35.5. The summed E-state index contributed by atoms with van der Waals surface area (Å²) >= 11 is 13.5. The molecule has 0 spiro atoms. The van der Waals surface area contributed by atoms with E-state index in [1.165, 1.54) is 11.8 Å². The van der Waals surface area contributed by atoms with Gasteiger partial charge in [-0.05, 0) is 23.8 Å². The quantitative estimate of drug-likeness (QED) is 0.704. The van der Waals surface area contributed by atoms with Gasteiger partial charge in [0.05, 0.1) is 34.0 Å². The van der Waals surface area contributed by atoms with Crippen LogP contribution in [-0.2, 0) is 21.1 Å². The first kappa shape index (κ1) is 19.8. The standard InChI is InChI=1S/C19H16Cl2N2O3S2/c20-14-7-6-13(9-15(14)21)23-16-10-28(25,26)11-17(16)27-19(23)22-18(24)8-12-4-2-1-3-5-12/h1-7,9,16-17H,8,10-11H2. The van der Waals surface area contributed by atoms with E-state index in [9.17, 15) is 13.2 Å². The summed E-state index contributed by atoms with van der Waals surface area (Å²) in [7, 11) is -3.13. The summed E-state index contributed by atoms with van der Waals surface area (Å²) in [6.45, 7) is 0. The molecule has 5 nitrogen and oxygen atoms in total. The van der Waals surface area contributed by atoms with E-state index in [4.69, 9.17) is 23.2 Å². The Bertz CT molecular complexity index is 1060. The molecule has 2 aromatic carbocycles. The summed E-state index contributed by atoms with van der Waals surface area (Å²) in [4.78, 5) is 18.6. The van der Waals surface area contributed by atoms with Gasteiger partial charge in [-0.25, -0.2) is 8.42 Å². The highest BCUT2D eigenvalue weighted by molar-refractivity contribution is 8.16. The van der Waals surface area contributed by atoms with E-state index in [1.807, 2.05) is 35.2 Å². The fraction of sp³-hybridized carbons (Fsp3) is 0.263. The highest BCUT2D eigenvalue weighted by Gasteiger charge is 2.49. The molecule has 4 rings (SSSR count). The highest BCUT2D eigenvalue weighted by Crippen LogP contribution is 2.42. The van der Waals surface area contributed by atoms with Crippen molar-refractivity contribution in [2.45, 2.75) is 17.7 Å². The normalized spacial score (nSPS) is 24.5. The van der Waals surface area contributed by atoms with E-state index in [2.05, 4.69) is 4.99 Å². The van der Waals surface area contributed by atoms with Crippen molar-refractivity contribution in [3.8, 4) is 0 Å². The summed E-state index contributed by atoms with van der Waals surface area (Å²) in [5.41, 5.74) is 1.56. The second-order valence-electron chi connectivity index (χ2n) is 6.72. The van der Waals surface area contributed by atoms with Gasteiger partial charge in [-0.2, -0.15) is 4.99 Å². The zero-order chi connectivity index (χ0) is 19.9. The lowest BCUT2D eigenvalue weighted by Crippen LogP contribution is -2.37. The molecule has 2 aliphatic rings. The second kappa shape index (κ2) is 7.71. The smallest absolute Gasteiger partial charge is 0.252 e. The Kier molecular flexibility index (Phi) is 5.44. The number of nitrogens with zero attached hydrogens (tertiary/aromatic N) is 2. The van der Waals surface area contributed by atoms with Crippen LogP contribution in [0.3, 0.4) is 0 Å². The Morgan fingerprint density at radius 3 is 2.57 bits per heavy atom. The van der Waals surface area contributed by atoms with Crippen LogP contribution in [-0.4, -0.2) is 42.3 Å². The molecule has 2 aliphatic heterocycles. The molecule has 2 atom stereocenters. The molecule has 9 heteroatoms. The van der Waals surface area contributed by atoms with Crippen LogP contribution in [0.15, 0.2) is 53.5 Å². The molecular formula is C19H16Cl2N2O3S2. The first-order valence-electron chi connectivity index (χ1n) is 8.59. The zero-order valence-corrected chi connectivity index (χ0v) is 17.7. The Morgan fingerprint density at radius 2 is 1.86 bits per heavy atom. The zero-order valence-electron chi connectivity index (χ0n) is 14.6. The number of aliphatic imine (C=N–C) groups is 1. The van der Waals surface area contributed by atoms with Gasteiger partial charge in [0.2, 0.25) is 0 Å². The predicted molar refractivity (Wildman–Crippen MR) is 115 cm³/mol. The number of hydrogen-bond acceptors (Lipinski definition) is 4. The molecule has 0 bridgehead atoms. The summed E-state index contributed by atoms with van der Waals surface area (Å²) in [6.07, 6.45) is 0.188. The molecule has 2 fully saturated rings. The van der Waals surface area contributed by atoms with Gasteiger partial charge in [0.25, 0.3) is 5.91 Å². The lowest BCUT2D eigenvalue weighted by Gasteiger charge is -2.24. The van der Waals surface area contributed by atoms with Crippen molar-refractivity contribution in [1.29, 1.82) is 0 Å². The molecule has 2 saturated heterocycles. The number of carbonyl (C=O) groups excluding carboxylic acids is 1. The maximum atomic E-state index is 12.5. The topological polar surface area (TPSA) is 66.8 Å². The molecule has 2 unspecified atom stereocenters. The molecule has 0 aromatic heterocycles. The minimum atomic E-state index is -3.13. The van der Waals surface area contributed by atoms with E-state index in [0.29, 0.717) is 20.9 Å². The van der Waals surface area contributed by atoms with Crippen LogP contribution in [0.1, 0.15) is 5.56 Å². The van der Waals surface area contributed by atoms with Crippen LogP contribution < -0.4 is 4.90 Å². The minimum Gasteiger partial charge on any atom is -0.316 e. The third kappa shape index (κ3) is 4.08. The monoisotopic (exact) mass is 454 g/mol. The van der Waals surface area contributed by atoms with Gasteiger partial charge >= 0.3 is 0 Å². The van der Waals surface area contributed by atoms with Crippen molar-refractivity contribution in [2.75, 3.05) is 16.4 Å². The first-order chi connectivity index (χ1) is 13.3. The van der Waals surface area contributed by atoms with Crippen LogP contribution in [0.5, 0.6) is 0 Å². The predicted octanol–water partition coefficient (Wildman–Crippen LogP) is 3.84. The van der Waals surface area contributed by atoms with Gasteiger partial charge in [-0.1, -0.05) is 65.3 Å². The average molecular weight is 455 g/mol. The Hall–Kier alpha value is -1.54. The molecule has 0 radical (unpaired) electrons. The molecule has 146 valence electrons. The van der Waals surface area contributed by atoms with Gasteiger partial charge < -0.3 is 4.90 Å². The molecule has 1 amide bonds. The number of amidine groups is 1. The molecule has 0 aliphatic carbocycles. The molecule has 28 heavy (non-hydrogen) atoms. The number of thioether (sulfide) groups is 1. The maximum Gasteiger partial charge on any atom is 0.252 e. The Balaban J connectivity index is 1.67. The van der Waals surface area contributed by atoms with Crippen LogP contribution in [0.4, 0.5) is 5.69 Å². The lowest BCUT2D eigenvalue weighted by atomic mass is 10.1. The Morgan fingerprint density at radius 1 is 1.11 bits per heavy atom. The van der Waals surface area contributed by atoms with E-state index in [-0.39, 0.29) is 35.1 Å². The number of carbonyl (C=O) groups is 1. The van der Waals surface area contributed by atoms with E-state index < -0.39 is 9.84 Å². The molecule has 2 heterocycles. The fourth-order valence-corrected chi connectivity index (χ4v) is 7.64. The van der Waals surface area contributed by atoms with Crippen molar-refractivity contribution in [1.82, 2.24) is 0 Å². The van der Waals surface area contributed by atoms with Crippen molar-refractivity contribution < 1.29 is 13.2 Å². The number of benzene rings is 2. The number of halogens is 2.